The lowest BCUT2D eigenvalue weighted by Gasteiger charge is -2.14. The second kappa shape index (κ2) is 6.98. The van der Waals surface area contributed by atoms with Gasteiger partial charge in [-0.15, -0.1) is 0 Å². The van der Waals surface area contributed by atoms with E-state index in [1.54, 1.807) is 31.4 Å². The van der Waals surface area contributed by atoms with Crippen LogP contribution in [0.1, 0.15) is 11.7 Å². The van der Waals surface area contributed by atoms with E-state index in [0.29, 0.717) is 17.0 Å². The Labute approximate surface area is 132 Å². The predicted octanol–water partition coefficient (Wildman–Crippen LogP) is 4.29. The average molecular weight is 330 g/mol. The number of aliphatic hydroxyl groups is 1. The fraction of sp³-hybridized carbons (Fsp3) is 0.200. The lowest BCUT2D eigenvalue weighted by molar-refractivity contribution is 0.191. The Kier molecular flexibility index (Phi) is 5.28. The summed E-state index contributed by atoms with van der Waals surface area (Å²) in [5.41, 5.74) is 1.24. The molecule has 0 aliphatic heterocycles. The molecular weight excluding hydrogens is 316 g/mol. The highest BCUT2D eigenvalue weighted by atomic mass is 35.5. The first-order valence-electron chi connectivity index (χ1n) is 6.21. The molecule has 112 valence electrons. The molecule has 0 spiro atoms. The summed E-state index contributed by atoms with van der Waals surface area (Å²) in [7, 11) is 1.56. The second-order valence-electron chi connectivity index (χ2n) is 4.43. The van der Waals surface area contributed by atoms with E-state index in [1.807, 2.05) is 0 Å². The van der Waals surface area contributed by atoms with Gasteiger partial charge in [0, 0.05) is 12.2 Å². The minimum absolute atomic E-state index is 0.0686. The molecule has 0 heterocycles. The van der Waals surface area contributed by atoms with Gasteiger partial charge in [-0.2, -0.15) is 0 Å². The maximum absolute atomic E-state index is 13.3. The first kappa shape index (κ1) is 15.9. The molecule has 0 bridgehead atoms. The van der Waals surface area contributed by atoms with E-state index in [9.17, 15) is 9.50 Å². The van der Waals surface area contributed by atoms with Crippen molar-refractivity contribution in [2.75, 3.05) is 19.0 Å². The van der Waals surface area contributed by atoms with Crippen LogP contribution in [-0.2, 0) is 0 Å². The minimum atomic E-state index is -0.747. The van der Waals surface area contributed by atoms with Crippen LogP contribution in [0.4, 0.5) is 10.1 Å². The number of aliphatic hydroxyl groups excluding tert-OH is 1. The van der Waals surface area contributed by atoms with Crippen molar-refractivity contribution in [3.63, 3.8) is 0 Å². The number of methoxy groups -OCH3 is 1. The van der Waals surface area contributed by atoms with Crippen molar-refractivity contribution in [1.82, 2.24) is 0 Å². The average Bonchev–Trinajstić information content (AvgIpc) is 2.50. The van der Waals surface area contributed by atoms with Gasteiger partial charge in [-0.05, 0) is 29.8 Å². The Hall–Kier alpha value is -1.49. The number of ether oxygens (including phenoxy) is 1. The van der Waals surface area contributed by atoms with Crippen molar-refractivity contribution in [1.29, 1.82) is 0 Å². The summed E-state index contributed by atoms with van der Waals surface area (Å²) in [5.74, 6) is 0.0108. The quantitative estimate of drug-likeness (QED) is 0.804. The third kappa shape index (κ3) is 4.00. The van der Waals surface area contributed by atoms with E-state index in [1.165, 1.54) is 12.1 Å². The van der Waals surface area contributed by atoms with E-state index in [0.717, 1.165) is 0 Å². The van der Waals surface area contributed by atoms with Gasteiger partial charge in [0.2, 0.25) is 0 Å². The van der Waals surface area contributed by atoms with Gasteiger partial charge in [0.15, 0.2) is 5.82 Å². The molecule has 0 aromatic heterocycles. The van der Waals surface area contributed by atoms with Crippen LogP contribution in [0.5, 0.6) is 5.75 Å². The fourth-order valence-electron chi connectivity index (χ4n) is 1.84. The molecule has 3 nitrogen and oxygen atoms in total. The maximum Gasteiger partial charge on any atom is 0.160 e. The molecule has 2 rings (SSSR count). The van der Waals surface area contributed by atoms with Crippen LogP contribution in [0.3, 0.4) is 0 Å². The summed E-state index contributed by atoms with van der Waals surface area (Å²) < 4.78 is 18.4. The third-order valence-electron chi connectivity index (χ3n) is 2.96. The monoisotopic (exact) mass is 329 g/mol. The topological polar surface area (TPSA) is 41.5 Å². The van der Waals surface area contributed by atoms with Gasteiger partial charge in [0.1, 0.15) is 5.75 Å². The maximum atomic E-state index is 13.3. The van der Waals surface area contributed by atoms with Gasteiger partial charge >= 0.3 is 0 Å². The van der Waals surface area contributed by atoms with E-state index >= 15 is 0 Å². The van der Waals surface area contributed by atoms with E-state index in [2.05, 4.69) is 5.32 Å². The fourth-order valence-corrected chi connectivity index (χ4v) is 2.33. The molecule has 0 fully saturated rings. The number of anilines is 1. The molecule has 2 N–H and O–H groups in total. The van der Waals surface area contributed by atoms with Gasteiger partial charge in [0.25, 0.3) is 0 Å². The van der Waals surface area contributed by atoms with Crippen LogP contribution < -0.4 is 10.1 Å². The molecule has 0 saturated heterocycles. The Balaban J connectivity index is 2.05. The molecular formula is C15H14Cl2FNO2. The molecule has 2 aromatic rings. The molecule has 6 heteroatoms. The van der Waals surface area contributed by atoms with Gasteiger partial charge in [0.05, 0.1) is 23.3 Å². The normalized spacial score (nSPS) is 12.0. The molecule has 2 aromatic carbocycles. The molecule has 21 heavy (non-hydrogen) atoms. The van der Waals surface area contributed by atoms with Crippen molar-refractivity contribution in [2.24, 2.45) is 0 Å². The van der Waals surface area contributed by atoms with Crippen molar-refractivity contribution in [3.05, 3.63) is 57.8 Å². The summed E-state index contributed by atoms with van der Waals surface area (Å²) in [6, 6.07) is 9.96. The highest BCUT2D eigenvalue weighted by molar-refractivity contribution is 6.35. The van der Waals surface area contributed by atoms with Gasteiger partial charge in [-0.25, -0.2) is 4.39 Å². The summed E-state index contributed by atoms with van der Waals surface area (Å²) >= 11 is 11.4. The van der Waals surface area contributed by atoms with Crippen LogP contribution in [0.2, 0.25) is 10.0 Å². The smallest absolute Gasteiger partial charge is 0.160 e. The second-order valence-corrected chi connectivity index (χ2v) is 5.24. The summed E-state index contributed by atoms with van der Waals surface area (Å²) in [4.78, 5) is 0. The Morgan fingerprint density at radius 1 is 1.24 bits per heavy atom. The molecule has 1 atom stereocenters. The first-order chi connectivity index (χ1) is 10.0. The highest BCUT2D eigenvalue weighted by Gasteiger charge is 2.11. The molecule has 0 radical (unpaired) electrons. The van der Waals surface area contributed by atoms with Gasteiger partial charge < -0.3 is 15.2 Å². The zero-order chi connectivity index (χ0) is 15.4. The minimum Gasteiger partial charge on any atom is -0.497 e. The number of benzene rings is 2. The van der Waals surface area contributed by atoms with Gasteiger partial charge in [-0.3, -0.25) is 0 Å². The van der Waals surface area contributed by atoms with Crippen molar-refractivity contribution < 1.29 is 14.2 Å². The van der Waals surface area contributed by atoms with Crippen LogP contribution in [0, 0.1) is 5.82 Å². The predicted molar refractivity (Wildman–Crippen MR) is 82.9 cm³/mol. The van der Waals surface area contributed by atoms with Crippen LogP contribution >= 0.6 is 23.2 Å². The largest absolute Gasteiger partial charge is 0.497 e. The van der Waals surface area contributed by atoms with Gasteiger partial charge in [-0.1, -0.05) is 35.3 Å². The van der Waals surface area contributed by atoms with Crippen molar-refractivity contribution in [2.45, 2.75) is 6.10 Å². The van der Waals surface area contributed by atoms with E-state index in [-0.39, 0.29) is 16.6 Å². The number of halogens is 3. The summed E-state index contributed by atoms with van der Waals surface area (Å²) in [6.45, 7) is 0.228. The number of nitrogens with one attached hydrogen (secondary N) is 1. The SMILES string of the molecule is COc1cccc(C(O)CNc2cc(Cl)c(F)c(Cl)c2)c1. The Morgan fingerprint density at radius 3 is 2.52 bits per heavy atom. The third-order valence-corrected chi connectivity index (χ3v) is 3.51. The summed E-state index contributed by atoms with van der Waals surface area (Å²) in [6.07, 6.45) is -0.747. The van der Waals surface area contributed by atoms with Crippen molar-refractivity contribution in [3.8, 4) is 5.75 Å². The van der Waals surface area contributed by atoms with E-state index < -0.39 is 11.9 Å². The van der Waals surface area contributed by atoms with Crippen LogP contribution in [0.25, 0.3) is 0 Å². The zero-order valence-electron chi connectivity index (χ0n) is 11.2. The molecule has 0 saturated carbocycles. The van der Waals surface area contributed by atoms with Crippen molar-refractivity contribution >= 4 is 28.9 Å². The number of hydrogen-bond acceptors (Lipinski definition) is 3. The summed E-state index contributed by atoms with van der Waals surface area (Å²) in [5, 5.41) is 13.0. The first-order valence-corrected chi connectivity index (χ1v) is 6.97. The van der Waals surface area contributed by atoms with Crippen LogP contribution in [-0.4, -0.2) is 18.8 Å². The van der Waals surface area contributed by atoms with E-state index in [4.69, 9.17) is 27.9 Å². The standard InChI is InChI=1S/C15H14Cl2FNO2/c1-21-11-4-2-3-9(5-11)14(20)8-19-10-6-12(16)15(18)13(17)7-10/h2-7,14,19-20H,8H2,1H3. The molecule has 1 unspecified atom stereocenters. The lowest BCUT2D eigenvalue weighted by Crippen LogP contribution is -2.12. The number of hydrogen-bond donors (Lipinski definition) is 2. The lowest BCUT2D eigenvalue weighted by atomic mass is 10.1. The zero-order valence-corrected chi connectivity index (χ0v) is 12.7. The van der Waals surface area contributed by atoms with Crippen LogP contribution in [0.15, 0.2) is 36.4 Å². The Morgan fingerprint density at radius 2 is 1.90 bits per heavy atom. The molecule has 0 aliphatic carbocycles. The highest BCUT2D eigenvalue weighted by Crippen LogP contribution is 2.28. The molecule has 0 amide bonds. The Bertz CT molecular complexity index is 614. The number of rotatable bonds is 5. The molecule has 0 aliphatic rings.